The summed E-state index contributed by atoms with van der Waals surface area (Å²) in [5.41, 5.74) is 0.866. The predicted molar refractivity (Wildman–Crippen MR) is 221 cm³/mol. The SMILES string of the molecule is CCCCCCCCCc1ccc(OCCOCCOCCOCCOCCOCCOCCOCCOCCOCCOCCN(C)C(=O)OC(C)(C)C)cc1. The molecule has 0 heterocycles. The van der Waals surface area contributed by atoms with Crippen LogP contribution in [0.4, 0.5) is 4.79 Å². The Morgan fingerprint density at radius 2 is 0.807 bits per heavy atom. The second-order valence-corrected chi connectivity index (χ2v) is 14.4. The second kappa shape index (κ2) is 39.4. The number of unbranched alkanes of at least 4 members (excludes halogenated alkanes) is 6. The van der Waals surface area contributed by atoms with Crippen LogP contribution in [0.5, 0.6) is 5.75 Å². The molecule has 1 rings (SSSR count). The molecule has 1 amide bonds. The highest BCUT2D eigenvalue weighted by molar-refractivity contribution is 5.67. The number of amides is 1. The monoisotopic (exact) mass is 818 g/mol. The molecule has 14 heteroatoms. The third-order valence-corrected chi connectivity index (χ3v) is 8.11. The smallest absolute Gasteiger partial charge is 0.410 e. The van der Waals surface area contributed by atoms with Crippen LogP contribution in [0.25, 0.3) is 0 Å². The van der Waals surface area contributed by atoms with Gasteiger partial charge in [0.2, 0.25) is 0 Å². The number of rotatable bonds is 42. The van der Waals surface area contributed by atoms with Gasteiger partial charge < -0.3 is 61.7 Å². The van der Waals surface area contributed by atoms with Gasteiger partial charge in [-0.2, -0.15) is 0 Å². The van der Waals surface area contributed by atoms with Gasteiger partial charge in [-0.25, -0.2) is 4.79 Å². The molecule has 0 saturated carbocycles. The number of aryl methyl sites for hydroxylation is 1. The number of nitrogens with zero attached hydrogens (tertiary/aromatic N) is 1. The molecule has 0 spiro atoms. The lowest BCUT2D eigenvalue weighted by Crippen LogP contribution is -2.36. The summed E-state index contributed by atoms with van der Waals surface area (Å²) in [6.07, 6.45) is 10.1. The number of likely N-dealkylation sites (N-methyl/N-ethyl adjacent to an activating group) is 1. The molecule has 57 heavy (non-hydrogen) atoms. The van der Waals surface area contributed by atoms with E-state index in [0.717, 1.165) is 12.2 Å². The van der Waals surface area contributed by atoms with Crippen molar-refractivity contribution in [2.75, 3.05) is 152 Å². The fourth-order valence-electron chi connectivity index (χ4n) is 4.97. The van der Waals surface area contributed by atoms with Gasteiger partial charge in [0, 0.05) is 13.6 Å². The van der Waals surface area contributed by atoms with Crippen LogP contribution in [0.15, 0.2) is 24.3 Å². The number of hydrogen-bond donors (Lipinski definition) is 0. The summed E-state index contributed by atoms with van der Waals surface area (Å²) in [5.74, 6) is 0.883. The van der Waals surface area contributed by atoms with Crippen molar-refractivity contribution in [2.24, 2.45) is 0 Å². The van der Waals surface area contributed by atoms with Gasteiger partial charge in [-0.05, 0) is 51.3 Å². The van der Waals surface area contributed by atoms with Gasteiger partial charge in [0.15, 0.2) is 0 Å². The minimum absolute atomic E-state index is 0.363. The summed E-state index contributed by atoms with van der Waals surface area (Å²) < 4.78 is 66.3. The van der Waals surface area contributed by atoms with Crippen molar-refractivity contribution in [3.63, 3.8) is 0 Å². The van der Waals surface area contributed by atoms with Crippen molar-refractivity contribution in [1.29, 1.82) is 0 Å². The highest BCUT2D eigenvalue weighted by Gasteiger charge is 2.19. The summed E-state index contributed by atoms with van der Waals surface area (Å²) in [4.78, 5) is 13.4. The third kappa shape index (κ3) is 37.9. The molecule has 0 N–H and O–H groups in total. The quantitative estimate of drug-likeness (QED) is 0.0677. The number of ether oxygens (including phenoxy) is 12. The van der Waals surface area contributed by atoms with Crippen LogP contribution < -0.4 is 4.74 Å². The van der Waals surface area contributed by atoms with Crippen molar-refractivity contribution in [3.8, 4) is 5.75 Å². The number of carbonyl (C=O) groups excluding carboxylic acids is 1. The Balaban J connectivity index is 1.70. The van der Waals surface area contributed by atoms with E-state index in [1.807, 2.05) is 20.8 Å². The summed E-state index contributed by atoms with van der Waals surface area (Å²) in [7, 11) is 1.68. The van der Waals surface area contributed by atoms with Crippen molar-refractivity contribution >= 4 is 6.09 Å². The van der Waals surface area contributed by atoms with Gasteiger partial charge >= 0.3 is 6.09 Å². The van der Waals surface area contributed by atoms with Crippen molar-refractivity contribution in [3.05, 3.63) is 29.8 Å². The Bertz CT molecular complexity index is 996. The lowest BCUT2D eigenvalue weighted by molar-refractivity contribution is -0.0269. The van der Waals surface area contributed by atoms with Gasteiger partial charge in [0.25, 0.3) is 0 Å². The van der Waals surface area contributed by atoms with Crippen LogP contribution in [-0.2, 0) is 58.5 Å². The number of carbonyl (C=O) groups is 1. The van der Waals surface area contributed by atoms with Crippen LogP contribution in [0.2, 0.25) is 0 Å². The molecule has 1 aromatic carbocycles. The van der Waals surface area contributed by atoms with Crippen molar-refractivity contribution < 1.29 is 61.6 Å². The molecule has 0 aliphatic carbocycles. The minimum Gasteiger partial charge on any atom is -0.491 e. The average molecular weight is 818 g/mol. The van der Waals surface area contributed by atoms with E-state index in [1.165, 1.54) is 55.4 Å². The number of hydrogen-bond acceptors (Lipinski definition) is 13. The van der Waals surface area contributed by atoms with Gasteiger partial charge in [0.1, 0.15) is 18.0 Å². The third-order valence-electron chi connectivity index (χ3n) is 8.11. The van der Waals surface area contributed by atoms with E-state index >= 15 is 0 Å². The lowest BCUT2D eigenvalue weighted by Gasteiger charge is -2.24. The number of benzene rings is 1. The molecule has 0 bridgehead atoms. The van der Waals surface area contributed by atoms with Crippen LogP contribution in [0, 0.1) is 0 Å². The van der Waals surface area contributed by atoms with E-state index in [4.69, 9.17) is 56.8 Å². The van der Waals surface area contributed by atoms with Crippen LogP contribution >= 0.6 is 0 Å². The van der Waals surface area contributed by atoms with Crippen LogP contribution in [0.1, 0.15) is 78.2 Å². The molecule has 0 aliphatic heterocycles. The average Bonchev–Trinajstić information content (AvgIpc) is 3.19. The Kier molecular flexibility index (Phi) is 36.5. The first-order valence-electron chi connectivity index (χ1n) is 21.2. The summed E-state index contributed by atoms with van der Waals surface area (Å²) >= 11 is 0. The largest absolute Gasteiger partial charge is 0.491 e. The normalized spacial score (nSPS) is 11.7. The molecule has 0 radical (unpaired) electrons. The highest BCUT2D eigenvalue weighted by Crippen LogP contribution is 2.15. The van der Waals surface area contributed by atoms with E-state index in [2.05, 4.69) is 31.2 Å². The Labute approximate surface area is 344 Å². The zero-order valence-corrected chi connectivity index (χ0v) is 36.3. The lowest BCUT2D eigenvalue weighted by atomic mass is 10.0. The zero-order chi connectivity index (χ0) is 41.3. The van der Waals surface area contributed by atoms with E-state index in [-0.39, 0.29) is 6.09 Å². The molecule has 1 aromatic rings. The molecule has 0 atom stereocenters. The minimum atomic E-state index is -0.511. The molecule has 0 unspecified atom stereocenters. The first-order chi connectivity index (χ1) is 27.8. The molecule has 334 valence electrons. The van der Waals surface area contributed by atoms with E-state index in [0.29, 0.717) is 145 Å². The van der Waals surface area contributed by atoms with Gasteiger partial charge in [-0.15, -0.1) is 0 Å². The molecular formula is C43H79NO13. The van der Waals surface area contributed by atoms with Crippen molar-refractivity contribution in [1.82, 2.24) is 4.90 Å². The first kappa shape index (κ1) is 52.9. The molecular weight excluding hydrogens is 738 g/mol. The molecule has 0 saturated heterocycles. The van der Waals surface area contributed by atoms with Gasteiger partial charge in [-0.1, -0.05) is 57.6 Å². The molecule has 0 aromatic heterocycles. The molecule has 14 nitrogen and oxygen atoms in total. The standard InChI is InChI=1S/C43H79NO13/c1-6-7-8-9-10-11-12-13-40-14-16-41(17-15-40)56-39-38-55-37-36-54-35-34-53-33-32-52-31-30-51-29-28-50-27-26-49-25-24-48-23-22-47-21-20-46-19-18-44(5)42(45)57-43(2,3)4/h14-17H,6-13,18-39H2,1-5H3. The maximum absolute atomic E-state index is 11.9. The predicted octanol–water partition coefficient (Wildman–Crippen LogP) is 6.39. The van der Waals surface area contributed by atoms with Crippen molar-refractivity contribution in [2.45, 2.75) is 84.7 Å². The summed E-state index contributed by atoms with van der Waals surface area (Å²) in [6, 6.07) is 8.44. The fourth-order valence-corrected chi connectivity index (χ4v) is 4.97. The highest BCUT2D eigenvalue weighted by atomic mass is 16.6. The van der Waals surface area contributed by atoms with E-state index < -0.39 is 5.60 Å². The Morgan fingerprint density at radius 1 is 0.474 bits per heavy atom. The maximum atomic E-state index is 11.9. The Hall–Kier alpha value is -2.11. The second-order valence-electron chi connectivity index (χ2n) is 14.4. The van der Waals surface area contributed by atoms with Crippen LogP contribution in [0.3, 0.4) is 0 Å². The van der Waals surface area contributed by atoms with E-state index in [1.54, 1.807) is 7.05 Å². The fraction of sp³-hybridized carbons (Fsp3) is 0.837. The molecule has 0 fully saturated rings. The topological polar surface area (TPSA) is 131 Å². The first-order valence-corrected chi connectivity index (χ1v) is 21.2. The van der Waals surface area contributed by atoms with E-state index in [9.17, 15) is 4.79 Å². The Morgan fingerprint density at radius 3 is 1.18 bits per heavy atom. The van der Waals surface area contributed by atoms with Crippen LogP contribution in [-0.4, -0.2) is 169 Å². The maximum Gasteiger partial charge on any atom is 0.410 e. The van der Waals surface area contributed by atoms with Gasteiger partial charge in [0.05, 0.1) is 132 Å². The molecule has 0 aliphatic rings. The summed E-state index contributed by atoms with van der Waals surface area (Å²) in [5, 5.41) is 0. The van der Waals surface area contributed by atoms with Gasteiger partial charge in [-0.3, -0.25) is 0 Å². The summed E-state index contributed by atoms with van der Waals surface area (Å²) in [6.45, 7) is 18.6. The zero-order valence-electron chi connectivity index (χ0n) is 36.3.